The molecular formula is C22H20F4. The third kappa shape index (κ3) is 4.09. The average Bonchev–Trinajstić information content (AvgIpc) is 2.64. The van der Waals surface area contributed by atoms with Crippen molar-refractivity contribution in [2.24, 2.45) is 5.92 Å². The van der Waals surface area contributed by atoms with E-state index in [1.807, 2.05) is 0 Å². The maximum atomic E-state index is 14.4. The van der Waals surface area contributed by atoms with E-state index < -0.39 is 23.3 Å². The smallest absolute Gasteiger partial charge is 0.160 e. The molecule has 0 aliphatic heterocycles. The van der Waals surface area contributed by atoms with Gasteiger partial charge >= 0.3 is 0 Å². The summed E-state index contributed by atoms with van der Waals surface area (Å²) in [7, 11) is 0. The molecule has 0 amide bonds. The van der Waals surface area contributed by atoms with Gasteiger partial charge in [-0.25, -0.2) is 17.6 Å². The van der Waals surface area contributed by atoms with E-state index in [1.54, 1.807) is 0 Å². The molecule has 0 atom stereocenters. The highest BCUT2D eigenvalue weighted by Crippen LogP contribution is 2.37. The van der Waals surface area contributed by atoms with Crippen molar-refractivity contribution < 1.29 is 17.6 Å². The molecule has 0 unspecified atom stereocenters. The van der Waals surface area contributed by atoms with E-state index in [-0.39, 0.29) is 17.0 Å². The van der Waals surface area contributed by atoms with E-state index in [1.165, 1.54) is 18.2 Å². The zero-order valence-electron chi connectivity index (χ0n) is 14.6. The van der Waals surface area contributed by atoms with Crippen molar-refractivity contribution in [2.45, 2.75) is 44.9 Å². The van der Waals surface area contributed by atoms with Gasteiger partial charge in [-0.15, -0.1) is 0 Å². The number of hydrogen-bond donors (Lipinski definition) is 0. The topological polar surface area (TPSA) is 0 Å². The van der Waals surface area contributed by atoms with Crippen molar-refractivity contribution >= 4 is 0 Å². The monoisotopic (exact) mass is 360 g/mol. The Morgan fingerprint density at radius 1 is 0.808 bits per heavy atom. The molecule has 0 nitrogen and oxygen atoms in total. The maximum Gasteiger partial charge on any atom is 0.160 e. The molecule has 1 saturated carbocycles. The molecule has 1 aliphatic carbocycles. The first-order valence-electron chi connectivity index (χ1n) is 8.94. The molecule has 3 rings (SSSR count). The highest BCUT2D eigenvalue weighted by molar-refractivity contribution is 5.45. The lowest BCUT2D eigenvalue weighted by Crippen LogP contribution is -2.13. The Balaban J connectivity index is 1.82. The Morgan fingerprint density at radius 2 is 1.46 bits per heavy atom. The lowest BCUT2D eigenvalue weighted by molar-refractivity contribution is 0.318. The average molecular weight is 360 g/mol. The summed E-state index contributed by atoms with van der Waals surface area (Å²) < 4.78 is 54.9. The molecule has 4 heteroatoms. The third-order valence-electron chi connectivity index (χ3n) is 5.21. The van der Waals surface area contributed by atoms with Crippen LogP contribution in [0.3, 0.4) is 0 Å². The van der Waals surface area contributed by atoms with E-state index in [0.717, 1.165) is 44.2 Å². The summed E-state index contributed by atoms with van der Waals surface area (Å²) in [4.78, 5) is 0. The van der Waals surface area contributed by atoms with Gasteiger partial charge in [-0.3, -0.25) is 0 Å². The number of benzene rings is 2. The fourth-order valence-corrected chi connectivity index (χ4v) is 3.56. The van der Waals surface area contributed by atoms with Gasteiger partial charge < -0.3 is 0 Å². The minimum absolute atomic E-state index is 0.157. The highest BCUT2D eigenvalue weighted by atomic mass is 19.2. The Hall–Kier alpha value is -2.28. The van der Waals surface area contributed by atoms with Gasteiger partial charge in [-0.05, 0) is 73.4 Å². The summed E-state index contributed by atoms with van der Waals surface area (Å²) in [6.07, 6.45) is 5.20. The van der Waals surface area contributed by atoms with Crippen molar-refractivity contribution in [3.05, 3.63) is 70.3 Å². The lowest BCUT2D eigenvalue weighted by Gasteiger charge is -2.28. The van der Waals surface area contributed by atoms with Crippen LogP contribution in [0.2, 0.25) is 0 Å². The van der Waals surface area contributed by atoms with E-state index in [0.29, 0.717) is 11.5 Å². The van der Waals surface area contributed by atoms with E-state index in [9.17, 15) is 17.6 Å². The molecule has 1 aliphatic rings. The number of hydrogen-bond acceptors (Lipinski definition) is 0. The summed E-state index contributed by atoms with van der Waals surface area (Å²) in [5, 5.41) is 0. The minimum Gasteiger partial charge on any atom is -0.206 e. The third-order valence-corrected chi connectivity index (χ3v) is 5.21. The first-order chi connectivity index (χ1) is 12.5. The predicted octanol–water partition coefficient (Wildman–Crippen LogP) is 6.33. The van der Waals surface area contributed by atoms with Gasteiger partial charge in [0.15, 0.2) is 11.6 Å². The Kier molecular flexibility index (Phi) is 5.66. The fourth-order valence-electron chi connectivity index (χ4n) is 3.56. The lowest BCUT2D eigenvalue weighted by atomic mass is 9.77. The largest absolute Gasteiger partial charge is 0.206 e. The highest BCUT2D eigenvalue weighted by Gasteiger charge is 2.23. The SMILES string of the molecule is CC[C@H]1CC[C@H](c2cc(F)c(C#Cc3ccc(F)c(F)c3)c(F)c2)CC1. The molecule has 26 heavy (non-hydrogen) atoms. The molecule has 136 valence electrons. The molecule has 0 heterocycles. The Morgan fingerprint density at radius 3 is 2.04 bits per heavy atom. The summed E-state index contributed by atoms with van der Waals surface area (Å²) in [5.74, 6) is 2.31. The molecular weight excluding hydrogens is 340 g/mol. The van der Waals surface area contributed by atoms with Crippen molar-refractivity contribution in [2.75, 3.05) is 0 Å². The van der Waals surface area contributed by atoms with Crippen LogP contribution >= 0.6 is 0 Å². The van der Waals surface area contributed by atoms with Crippen molar-refractivity contribution in [3.8, 4) is 11.8 Å². The zero-order valence-corrected chi connectivity index (χ0v) is 14.6. The molecule has 2 aromatic carbocycles. The van der Waals surface area contributed by atoms with Gasteiger partial charge in [0.05, 0.1) is 5.56 Å². The van der Waals surface area contributed by atoms with Crippen LogP contribution in [0.1, 0.15) is 61.6 Å². The summed E-state index contributed by atoms with van der Waals surface area (Å²) in [6.45, 7) is 2.17. The number of halogens is 4. The molecule has 1 fully saturated rings. The summed E-state index contributed by atoms with van der Waals surface area (Å²) >= 11 is 0. The van der Waals surface area contributed by atoms with Crippen LogP contribution in [-0.4, -0.2) is 0 Å². The molecule has 0 bridgehead atoms. The summed E-state index contributed by atoms with van der Waals surface area (Å²) in [5.41, 5.74) is 0.485. The van der Waals surface area contributed by atoms with Crippen LogP contribution in [0.5, 0.6) is 0 Å². The van der Waals surface area contributed by atoms with E-state index in [2.05, 4.69) is 18.8 Å². The second kappa shape index (κ2) is 7.95. The van der Waals surface area contributed by atoms with Gasteiger partial charge in [0.2, 0.25) is 0 Å². The maximum absolute atomic E-state index is 14.4. The van der Waals surface area contributed by atoms with E-state index in [4.69, 9.17) is 0 Å². The molecule has 0 spiro atoms. The van der Waals surface area contributed by atoms with Crippen molar-refractivity contribution in [3.63, 3.8) is 0 Å². The van der Waals surface area contributed by atoms with Gasteiger partial charge in [0, 0.05) is 5.56 Å². The van der Waals surface area contributed by atoms with Crippen LogP contribution in [0.15, 0.2) is 30.3 Å². The van der Waals surface area contributed by atoms with Crippen molar-refractivity contribution in [1.29, 1.82) is 0 Å². The zero-order chi connectivity index (χ0) is 18.7. The van der Waals surface area contributed by atoms with E-state index >= 15 is 0 Å². The minimum atomic E-state index is -1.05. The quantitative estimate of drug-likeness (QED) is 0.434. The van der Waals surface area contributed by atoms with Gasteiger partial charge in [-0.2, -0.15) is 0 Å². The predicted molar refractivity (Wildman–Crippen MR) is 93.7 cm³/mol. The van der Waals surface area contributed by atoms with Crippen LogP contribution in [-0.2, 0) is 0 Å². The summed E-state index contributed by atoms with van der Waals surface area (Å²) in [6, 6.07) is 5.81. The van der Waals surface area contributed by atoms with Gasteiger partial charge in [0.25, 0.3) is 0 Å². The van der Waals surface area contributed by atoms with Crippen LogP contribution in [0, 0.1) is 41.0 Å². The number of rotatable bonds is 2. The van der Waals surface area contributed by atoms with Gasteiger partial charge in [-0.1, -0.05) is 25.2 Å². The molecule has 0 radical (unpaired) electrons. The second-order valence-corrected chi connectivity index (χ2v) is 6.86. The molecule has 0 saturated heterocycles. The first kappa shape index (κ1) is 18.5. The Labute approximate surface area is 151 Å². The molecule has 0 aromatic heterocycles. The molecule has 2 aromatic rings. The van der Waals surface area contributed by atoms with Crippen LogP contribution < -0.4 is 0 Å². The molecule has 0 N–H and O–H groups in total. The first-order valence-corrected chi connectivity index (χ1v) is 8.94. The van der Waals surface area contributed by atoms with Crippen LogP contribution in [0.25, 0.3) is 0 Å². The van der Waals surface area contributed by atoms with Crippen LogP contribution in [0.4, 0.5) is 17.6 Å². The van der Waals surface area contributed by atoms with Crippen molar-refractivity contribution in [1.82, 2.24) is 0 Å². The standard InChI is InChI=1S/C22H20F4/c1-2-14-3-7-16(8-4-14)17-12-20(24)18(21(25)13-17)9-5-15-6-10-19(23)22(26)11-15/h6,10-14,16H,2-4,7-8H2,1H3/t14-,16-. The Bertz CT molecular complexity index is 829. The normalized spacial score (nSPS) is 19.7. The van der Waals surface area contributed by atoms with Gasteiger partial charge in [0.1, 0.15) is 11.6 Å². The second-order valence-electron chi connectivity index (χ2n) is 6.86. The fraction of sp³-hybridized carbons (Fsp3) is 0.364.